The molecule has 0 spiro atoms. The molecular weight excluding hydrogens is 240 g/mol. The molecule has 1 atom stereocenters. The molecule has 0 radical (unpaired) electrons. The van der Waals surface area contributed by atoms with E-state index in [0.717, 1.165) is 0 Å². The van der Waals surface area contributed by atoms with Crippen molar-refractivity contribution in [2.24, 2.45) is 0 Å². The Balaban J connectivity index is 2.30. The standard InChI is InChI=1S/C12H11ClN2O2/c1-8(16)11-3-2-4-15-12(11)17-10-5-9(13)6-14-7-10/h2-8,16H,1H3/t8-/m0/s1. The average Bonchev–Trinajstić information content (AvgIpc) is 2.29. The van der Waals surface area contributed by atoms with Gasteiger partial charge in [0.15, 0.2) is 0 Å². The first-order valence-electron chi connectivity index (χ1n) is 5.08. The molecule has 0 aromatic carbocycles. The van der Waals surface area contributed by atoms with Crippen LogP contribution in [0.15, 0.2) is 36.8 Å². The van der Waals surface area contributed by atoms with Gasteiger partial charge in [-0.1, -0.05) is 11.6 Å². The van der Waals surface area contributed by atoms with E-state index in [1.54, 1.807) is 31.3 Å². The number of halogens is 1. The Labute approximate surface area is 104 Å². The van der Waals surface area contributed by atoms with E-state index in [-0.39, 0.29) is 0 Å². The minimum atomic E-state index is -0.647. The summed E-state index contributed by atoms with van der Waals surface area (Å²) in [5.74, 6) is 0.838. The smallest absolute Gasteiger partial charge is 0.225 e. The van der Waals surface area contributed by atoms with Crippen molar-refractivity contribution in [1.82, 2.24) is 9.97 Å². The summed E-state index contributed by atoms with van der Waals surface area (Å²) in [4.78, 5) is 7.98. The van der Waals surface area contributed by atoms with E-state index in [2.05, 4.69) is 9.97 Å². The molecule has 0 unspecified atom stereocenters. The third kappa shape index (κ3) is 2.93. The first-order valence-corrected chi connectivity index (χ1v) is 5.46. The molecule has 88 valence electrons. The van der Waals surface area contributed by atoms with Crippen LogP contribution in [0.1, 0.15) is 18.6 Å². The third-order valence-corrected chi connectivity index (χ3v) is 2.35. The van der Waals surface area contributed by atoms with Crippen LogP contribution in [-0.2, 0) is 0 Å². The molecule has 0 fully saturated rings. The third-order valence-electron chi connectivity index (χ3n) is 2.14. The average molecular weight is 251 g/mol. The summed E-state index contributed by atoms with van der Waals surface area (Å²) in [5, 5.41) is 10.1. The first-order chi connectivity index (χ1) is 8.16. The summed E-state index contributed by atoms with van der Waals surface area (Å²) in [5.41, 5.74) is 0.618. The molecule has 0 saturated carbocycles. The summed E-state index contributed by atoms with van der Waals surface area (Å²) in [6, 6.07) is 5.13. The Morgan fingerprint density at radius 2 is 2.24 bits per heavy atom. The van der Waals surface area contributed by atoms with Gasteiger partial charge in [0.1, 0.15) is 5.75 Å². The lowest BCUT2D eigenvalue weighted by molar-refractivity contribution is 0.194. The lowest BCUT2D eigenvalue weighted by Crippen LogP contribution is -1.98. The van der Waals surface area contributed by atoms with Gasteiger partial charge in [0.2, 0.25) is 5.88 Å². The van der Waals surface area contributed by atoms with Gasteiger partial charge in [-0.25, -0.2) is 4.98 Å². The van der Waals surface area contributed by atoms with Crippen LogP contribution in [0.5, 0.6) is 11.6 Å². The number of nitrogens with zero attached hydrogens (tertiary/aromatic N) is 2. The van der Waals surface area contributed by atoms with E-state index in [0.29, 0.717) is 22.2 Å². The quantitative estimate of drug-likeness (QED) is 0.910. The van der Waals surface area contributed by atoms with Gasteiger partial charge >= 0.3 is 0 Å². The topological polar surface area (TPSA) is 55.2 Å². The number of ether oxygens (including phenoxy) is 1. The van der Waals surface area contributed by atoms with Crippen molar-refractivity contribution in [3.05, 3.63) is 47.4 Å². The second kappa shape index (κ2) is 5.12. The van der Waals surface area contributed by atoms with Crippen LogP contribution >= 0.6 is 11.6 Å². The highest BCUT2D eigenvalue weighted by atomic mass is 35.5. The summed E-state index contributed by atoms with van der Waals surface area (Å²) in [6.45, 7) is 1.65. The largest absolute Gasteiger partial charge is 0.437 e. The van der Waals surface area contributed by atoms with Crippen LogP contribution in [0.25, 0.3) is 0 Å². The molecule has 1 N–H and O–H groups in total. The minimum absolute atomic E-state index is 0.353. The summed E-state index contributed by atoms with van der Waals surface area (Å²) >= 11 is 5.80. The number of aliphatic hydroxyl groups is 1. The molecule has 2 aromatic rings. The van der Waals surface area contributed by atoms with E-state index in [1.165, 1.54) is 12.4 Å². The van der Waals surface area contributed by atoms with Gasteiger partial charge in [-0.2, -0.15) is 0 Å². The summed E-state index contributed by atoms with van der Waals surface area (Å²) in [7, 11) is 0. The fraction of sp³-hybridized carbons (Fsp3) is 0.167. The van der Waals surface area contributed by atoms with E-state index < -0.39 is 6.10 Å². The molecule has 2 aromatic heterocycles. The lowest BCUT2D eigenvalue weighted by Gasteiger charge is -2.11. The number of aliphatic hydroxyl groups excluding tert-OH is 1. The molecule has 0 aliphatic carbocycles. The Hall–Kier alpha value is -1.65. The van der Waals surface area contributed by atoms with Gasteiger partial charge in [-0.05, 0) is 19.1 Å². The normalized spacial score (nSPS) is 12.2. The predicted molar refractivity (Wildman–Crippen MR) is 64.2 cm³/mol. The minimum Gasteiger partial charge on any atom is -0.437 e. The van der Waals surface area contributed by atoms with Crippen molar-refractivity contribution in [2.75, 3.05) is 0 Å². The SMILES string of the molecule is C[C@H](O)c1cccnc1Oc1cncc(Cl)c1. The van der Waals surface area contributed by atoms with Crippen molar-refractivity contribution < 1.29 is 9.84 Å². The maximum atomic E-state index is 9.58. The van der Waals surface area contributed by atoms with Gasteiger partial charge in [0, 0.05) is 24.0 Å². The molecule has 0 amide bonds. The molecule has 0 saturated heterocycles. The number of pyridine rings is 2. The molecule has 2 rings (SSSR count). The van der Waals surface area contributed by atoms with Gasteiger partial charge in [-0.3, -0.25) is 4.98 Å². The molecule has 5 heteroatoms. The molecule has 0 aliphatic rings. The number of hydrogen-bond acceptors (Lipinski definition) is 4. The first kappa shape index (κ1) is 11.8. The van der Waals surface area contributed by atoms with Crippen molar-refractivity contribution in [2.45, 2.75) is 13.0 Å². The van der Waals surface area contributed by atoms with Gasteiger partial charge < -0.3 is 9.84 Å². The highest BCUT2D eigenvalue weighted by Crippen LogP contribution is 2.27. The van der Waals surface area contributed by atoms with Crippen LogP contribution in [0.4, 0.5) is 0 Å². The van der Waals surface area contributed by atoms with Gasteiger partial charge in [0.05, 0.1) is 17.3 Å². The Kier molecular flexibility index (Phi) is 3.56. The highest BCUT2D eigenvalue weighted by Gasteiger charge is 2.10. The molecule has 2 heterocycles. The summed E-state index contributed by atoms with van der Waals surface area (Å²) < 4.78 is 5.53. The lowest BCUT2D eigenvalue weighted by atomic mass is 10.2. The molecular formula is C12H11ClN2O2. The van der Waals surface area contributed by atoms with Crippen molar-refractivity contribution in [3.63, 3.8) is 0 Å². The van der Waals surface area contributed by atoms with Gasteiger partial charge in [-0.15, -0.1) is 0 Å². The van der Waals surface area contributed by atoms with Crippen LogP contribution in [0.3, 0.4) is 0 Å². The van der Waals surface area contributed by atoms with Crippen LogP contribution in [0, 0.1) is 0 Å². The summed E-state index contributed by atoms with van der Waals surface area (Å²) in [6.07, 6.45) is 4.00. The Bertz CT molecular complexity index is 517. The molecule has 17 heavy (non-hydrogen) atoms. The predicted octanol–water partition coefficient (Wildman–Crippen LogP) is 2.98. The van der Waals surface area contributed by atoms with E-state index in [1.807, 2.05) is 0 Å². The number of hydrogen-bond donors (Lipinski definition) is 1. The van der Waals surface area contributed by atoms with E-state index in [4.69, 9.17) is 16.3 Å². The maximum Gasteiger partial charge on any atom is 0.225 e. The number of rotatable bonds is 3. The van der Waals surface area contributed by atoms with Crippen LogP contribution < -0.4 is 4.74 Å². The Morgan fingerprint density at radius 1 is 1.41 bits per heavy atom. The second-order valence-corrected chi connectivity index (χ2v) is 3.95. The zero-order valence-electron chi connectivity index (χ0n) is 9.17. The fourth-order valence-corrected chi connectivity index (χ4v) is 1.53. The van der Waals surface area contributed by atoms with Crippen molar-refractivity contribution >= 4 is 11.6 Å². The zero-order chi connectivity index (χ0) is 12.3. The number of aromatic nitrogens is 2. The maximum absolute atomic E-state index is 9.58. The van der Waals surface area contributed by atoms with Gasteiger partial charge in [0.25, 0.3) is 0 Å². The van der Waals surface area contributed by atoms with E-state index in [9.17, 15) is 5.11 Å². The monoisotopic (exact) mass is 250 g/mol. The molecule has 0 aliphatic heterocycles. The van der Waals surface area contributed by atoms with E-state index >= 15 is 0 Å². The highest BCUT2D eigenvalue weighted by molar-refractivity contribution is 6.30. The van der Waals surface area contributed by atoms with Crippen molar-refractivity contribution in [3.8, 4) is 11.6 Å². The Morgan fingerprint density at radius 3 is 2.94 bits per heavy atom. The molecule has 4 nitrogen and oxygen atoms in total. The zero-order valence-corrected chi connectivity index (χ0v) is 9.93. The van der Waals surface area contributed by atoms with Crippen LogP contribution in [0.2, 0.25) is 5.02 Å². The van der Waals surface area contributed by atoms with Crippen LogP contribution in [-0.4, -0.2) is 15.1 Å². The fourth-order valence-electron chi connectivity index (χ4n) is 1.37. The second-order valence-electron chi connectivity index (χ2n) is 3.51. The van der Waals surface area contributed by atoms with Crippen molar-refractivity contribution in [1.29, 1.82) is 0 Å². The molecule has 0 bridgehead atoms.